The average Bonchev–Trinajstić information content (AvgIpc) is 3.31. The van der Waals surface area contributed by atoms with Gasteiger partial charge in [-0.3, -0.25) is 18.6 Å². The lowest BCUT2D eigenvalue weighted by atomic mass is 10.0. The molecule has 0 amide bonds. The molecule has 0 N–H and O–H groups in total. The van der Waals surface area contributed by atoms with Crippen LogP contribution in [0.1, 0.15) is 44.5 Å². The van der Waals surface area contributed by atoms with E-state index in [1.165, 1.54) is 0 Å². The highest BCUT2D eigenvalue weighted by molar-refractivity contribution is 6.79. The predicted octanol–water partition coefficient (Wildman–Crippen LogP) is 11.6. The molecule has 5 heteroatoms. The summed E-state index contributed by atoms with van der Waals surface area (Å²) in [4.78, 5) is 0. The molecule has 0 bridgehead atoms. The molecule has 8 aromatic carbocycles. The Morgan fingerprint density at radius 1 is 0.193 bits per heavy atom. The first kappa shape index (κ1) is 36.6. The van der Waals surface area contributed by atoms with Crippen LogP contribution < -0.4 is 0 Å². The van der Waals surface area contributed by atoms with Crippen LogP contribution in [0.25, 0.3) is 0 Å². The first-order chi connectivity index (χ1) is 28.2. The highest BCUT2D eigenvalue weighted by Gasteiger charge is 2.40. The molecule has 0 heterocycles. The van der Waals surface area contributed by atoms with E-state index >= 15 is 0 Å². The van der Waals surface area contributed by atoms with Gasteiger partial charge in [-0.1, -0.05) is 243 Å². The van der Waals surface area contributed by atoms with E-state index in [4.69, 9.17) is 18.6 Å². The smallest absolute Gasteiger partial charge is 0.254 e. The van der Waals surface area contributed by atoms with Crippen LogP contribution in [-0.4, -0.2) is 31.6 Å². The molecule has 8 aromatic rings. The Hall–Kier alpha value is -7.34. The summed E-state index contributed by atoms with van der Waals surface area (Å²) in [6.07, 6.45) is 0. The fourth-order valence-corrected chi connectivity index (χ4v) is 9.23. The van der Waals surface area contributed by atoms with E-state index < -0.39 is 8.72 Å². The van der Waals surface area contributed by atoms with Gasteiger partial charge in [0.25, 0.3) is 0 Å². The summed E-state index contributed by atoms with van der Waals surface area (Å²) in [6.45, 7) is 0. The van der Waals surface area contributed by atoms with E-state index in [9.17, 15) is 0 Å². The maximum atomic E-state index is 5.91. The molecule has 8 rings (SSSR count). The molecule has 0 unspecified atom stereocenters. The summed E-state index contributed by atoms with van der Waals surface area (Å²) in [7, 11) is -4.16. The molecule has 272 valence electrons. The summed E-state index contributed by atoms with van der Waals surface area (Å²) in [5.41, 5.74) is 10.6. The van der Waals surface area contributed by atoms with Crippen LogP contribution >= 0.6 is 0 Å². The Morgan fingerprint density at radius 3 is 0.439 bits per heavy atom. The van der Waals surface area contributed by atoms with Crippen molar-refractivity contribution < 1.29 is 0 Å². The van der Waals surface area contributed by atoms with Crippen LogP contribution in [-0.2, 0) is 0 Å². The Bertz CT molecular complexity index is 2070. The predicted molar refractivity (Wildman–Crippen MR) is 240 cm³/mol. The van der Waals surface area contributed by atoms with E-state index in [0.29, 0.717) is 0 Å². The van der Waals surface area contributed by atoms with Crippen molar-refractivity contribution in [2.75, 3.05) is 0 Å². The van der Waals surface area contributed by atoms with Crippen molar-refractivity contribution in [3.05, 3.63) is 287 Å². The van der Waals surface area contributed by atoms with E-state index in [2.05, 4.69) is 97.1 Å². The molecule has 0 aliphatic carbocycles. The third kappa shape index (κ3) is 8.97. The van der Waals surface area contributed by atoms with Crippen LogP contribution in [0.2, 0.25) is 0 Å². The fraction of sp³-hybridized carbons (Fsp3) is 0. The van der Waals surface area contributed by atoms with E-state index in [1.807, 2.05) is 146 Å². The van der Waals surface area contributed by atoms with Crippen LogP contribution in [0, 0.1) is 0 Å². The number of nitrogens with zero attached hydrogens (tertiary/aromatic N) is 4. The minimum atomic E-state index is -4.16. The van der Waals surface area contributed by atoms with Gasteiger partial charge < -0.3 is 0 Å². The lowest BCUT2D eigenvalue weighted by Gasteiger charge is -2.22. The topological polar surface area (TPSA) is 49.4 Å². The first-order valence-electron chi connectivity index (χ1n) is 19.1. The normalized spacial score (nSPS) is 10.8. The van der Waals surface area contributed by atoms with Gasteiger partial charge in [0.2, 0.25) is 0 Å². The number of rotatable bonds is 12. The van der Waals surface area contributed by atoms with Gasteiger partial charge in [-0.15, -0.1) is 0 Å². The highest BCUT2D eigenvalue weighted by atomic mass is 28.4. The van der Waals surface area contributed by atoms with Gasteiger partial charge in [0.1, 0.15) is 0 Å². The molecule has 0 radical (unpaired) electrons. The van der Waals surface area contributed by atoms with Gasteiger partial charge in [-0.05, 0) is 44.5 Å². The monoisotopic (exact) mass is 748 g/mol. The second-order valence-corrected chi connectivity index (χ2v) is 15.5. The third-order valence-corrected chi connectivity index (χ3v) is 11.5. The zero-order valence-corrected chi connectivity index (χ0v) is 32.4. The molecule has 0 atom stereocenters. The van der Waals surface area contributed by atoms with Crippen LogP contribution in [0.15, 0.2) is 261 Å². The number of hydrogen-bond donors (Lipinski definition) is 0. The molecule has 0 aliphatic rings. The van der Waals surface area contributed by atoms with Crippen molar-refractivity contribution in [1.29, 1.82) is 0 Å². The molecule has 4 nitrogen and oxygen atoms in total. The van der Waals surface area contributed by atoms with Gasteiger partial charge in [0.05, 0.1) is 22.8 Å². The summed E-state index contributed by atoms with van der Waals surface area (Å²) in [5, 5.41) is 0. The number of benzene rings is 8. The third-order valence-electron chi connectivity index (χ3n) is 9.43. The summed E-state index contributed by atoms with van der Waals surface area (Å²) in [5.74, 6) is 0. The standard InChI is InChI=1S/C52H40N4Si/c1-9-25-41(26-10-1)49(42-27-11-2-12-28-42)53-57(54-50(43-29-13-3-14-30-43)44-31-15-4-16-32-44,55-51(45-33-17-5-18-34-45)46-35-19-6-20-36-46)56-52(47-37-21-7-22-38-47)48-39-23-8-24-40-48/h1-40H. The minimum absolute atomic E-state index is 0.764. The molecular formula is C52H40N4Si. The van der Waals surface area contributed by atoms with E-state index in [0.717, 1.165) is 67.4 Å². The molecule has 0 aromatic heterocycles. The van der Waals surface area contributed by atoms with Crippen molar-refractivity contribution >= 4 is 31.6 Å². The van der Waals surface area contributed by atoms with Crippen LogP contribution in [0.5, 0.6) is 0 Å². The Morgan fingerprint density at radius 2 is 0.316 bits per heavy atom. The zero-order chi connectivity index (χ0) is 38.5. The zero-order valence-electron chi connectivity index (χ0n) is 31.4. The first-order valence-corrected chi connectivity index (χ1v) is 20.9. The van der Waals surface area contributed by atoms with Crippen molar-refractivity contribution in [2.45, 2.75) is 0 Å². The van der Waals surface area contributed by atoms with Gasteiger partial charge in [0, 0.05) is 0 Å². The molecule has 0 saturated heterocycles. The Balaban J connectivity index is 1.60. The molecule has 0 aliphatic heterocycles. The Labute approximate surface area is 336 Å². The van der Waals surface area contributed by atoms with Gasteiger partial charge in [-0.2, -0.15) is 0 Å². The maximum Gasteiger partial charge on any atom is 0.579 e. The Kier molecular flexibility index (Phi) is 11.5. The maximum absolute atomic E-state index is 5.91. The van der Waals surface area contributed by atoms with E-state index in [1.54, 1.807) is 0 Å². The van der Waals surface area contributed by atoms with Gasteiger partial charge in [0.15, 0.2) is 0 Å². The fourth-order valence-electron chi connectivity index (χ4n) is 6.70. The highest BCUT2D eigenvalue weighted by Crippen LogP contribution is 2.27. The summed E-state index contributed by atoms with van der Waals surface area (Å²) in [6, 6.07) is 82.6. The molecule has 0 spiro atoms. The number of hydrogen-bond acceptors (Lipinski definition) is 4. The van der Waals surface area contributed by atoms with Crippen molar-refractivity contribution in [3.63, 3.8) is 0 Å². The van der Waals surface area contributed by atoms with Crippen molar-refractivity contribution in [3.8, 4) is 0 Å². The molecule has 0 fully saturated rings. The largest absolute Gasteiger partial charge is 0.579 e. The lowest BCUT2D eigenvalue weighted by Crippen LogP contribution is -2.35. The lowest BCUT2D eigenvalue weighted by molar-refractivity contribution is 1.31. The average molecular weight is 749 g/mol. The van der Waals surface area contributed by atoms with Crippen LogP contribution in [0.3, 0.4) is 0 Å². The second-order valence-electron chi connectivity index (χ2n) is 13.4. The minimum Gasteiger partial charge on any atom is -0.254 e. The molecular weight excluding hydrogens is 709 g/mol. The quantitative estimate of drug-likeness (QED) is 0.0882. The summed E-state index contributed by atoms with van der Waals surface area (Å²) < 4.78 is 23.7. The van der Waals surface area contributed by atoms with Crippen molar-refractivity contribution in [1.82, 2.24) is 0 Å². The SMILES string of the molecule is c1ccc(C(=N[Si](N=C(c2ccccc2)c2ccccc2)(N=C(c2ccccc2)c2ccccc2)N=C(c2ccccc2)c2ccccc2)c2ccccc2)cc1. The van der Waals surface area contributed by atoms with E-state index in [-0.39, 0.29) is 0 Å². The molecule has 57 heavy (non-hydrogen) atoms. The van der Waals surface area contributed by atoms with Gasteiger partial charge >= 0.3 is 8.72 Å². The van der Waals surface area contributed by atoms with Gasteiger partial charge in [-0.25, -0.2) is 0 Å². The molecule has 0 saturated carbocycles. The van der Waals surface area contributed by atoms with Crippen LogP contribution in [0.4, 0.5) is 0 Å². The van der Waals surface area contributed by atoms with Crippen molar-refractivity contribution in [2.24, 2.45) is 18.6 Å². The summed E-state index contributed by atoms with van der Waals surface area (Å²) >= 11 is 0. The second kappa shape index (κ2) is 17.9.